The molecule has 1 aliphatic heterocycles. The van der Waals surface area contributed by atoms with Crippen LogP contribution < -0.4 is 4.72 Å². The lowest BCUT2D eigenvalue weighted by Crippen LogP contribution is -2.48. The summed E-state index contributed by atoms with van der Waals surface area (Å²) in [6.07, 6.45) is -3.98. The van der Waals surface area contributed by atoms with E-state index in [4.69, 9.17) is 19.2 Å². The molecule has 5 rings (SSSR count). The molecule has 0 bridgehead atoms. The smallest absolute Gasteiger partial charge is 0.376 e. The van der Waals surface area contributed by atoms with Gasteiger partial charge in [0.2, 0.25) is 0 Å². The van der Waals surface area contributed by atoms with E-state index in [0.29, 0.717) is 34.3 Å². The van der Waals surface area contributed by atoms with Crippen molar-refractivity contribution in [2.45, 2.75) is 128 Å². The number of fused-ring (bicyclic) bond motifs is 2. The van der Waals surface area contributed by atoms with Crippen molar-refractivity contribution in [1.82, 2.24) is 19.2 Å². The molecule has 0 spiro atoms. The second-order valence-electron chi connectivity index (χ2n) is 16.4. The number of rotatable bonds is 16. The van der Waals surface area contributed by atoms with Crippen molar-refractivity contribution in [1.29, 1.82) is 0 Å². The van der Waals surface area contributed by atoms with Crippen LogP contribution in [0.2, 0.25) is 25.7 Å². The Hall–Kier alpha value is -2.95. The van der Waals surface area contributed by atoms with E-state index in [2.05, 4.69) is 24.4 Å². The molecule has 1 aliphatic carbocycles. The zero-order valence-corrected chi connectivity index (χ0v) is 33.2. The molecule has 1 aromatic heterocycles. The monoisotopic (exact) mass is 764 g/mol. The van der Waals surface area contributed by atoms with Gasteiger partial charge in [-0.1, -0.05) is 37.8 Å². The van der Waals surface area contributed by atoms with Gasteiger partial charge in [0, 0.05) is 14.7 Å². The van der Waals surface area contributed by atoms with Gasteiger partial charge in [-0.2, -0.15) is 13.2 Å². The average Bonchev–Trinajstić information content (AvgIpc) is 3.75. The SMILES string of the molecule is C[C@@H](OC(C)(C)C(F)(F)F)[C@H](N[S@](=O)C(C)(C)C)c1nc2cc([C@@H](COC3CC3)N3C(=O)c4ccccc4C3=O)ccc2n1COCC[Si](C)(C)C. The Labute approximate surface area is 307 Å². The second kappa shape index (κ2) is 15.1. The molecule has 0 radical (unpaired) electrons. The van der Waals surface area contributed by atoms with E-state index in [1.54, 1.807) is 67.8 Å². The fraction of sp³-hybridized carbons (Fsp3) is 0.595. The lowest BCUT2D eigenvalue weighted by Gasteiger charge is -2.35. The van der Waals surface area contributed by atoms with Crippen LogP contribution in [-0.2, 0) is 31.9 Å². The number of carbonyl (C=O) groups excluding carboxylic acids is 2. The van der Waals surface area contributed by atoms with Crippen LogP contribution >= 0.6 is 0 Å². The Bertz CT molecular complexity index is 1780. The van der Waals surface area contributed by atoms with Crippen molar-refractivity contribution in [2.24, 2.45) is 0 Å². The first kappa shape index (κ1) is 40.2. The molecule has 52 heavy (non-hydrogen) atoms. The summed E-state index contributed by atoms with van der Waals surface area (Å²) in [5, 5.41) is 0. The number of ether oxygens (including phenoxy) is 3. The van der Waals surface area contributed by atoms with Crippen molar-refractivity contribution < 1.29 is 41.2 Å². The van der Waals surface area contributed by atoms with Crippen LogP contribution in [0, 0.1) is 0 Å². The lowest BCUT2D eigenvalue weighted by molar-refractivity contribution is -0.277. The molecule has 4 atom stereocenters. The molecule has 1 N–H and O–H groups in total. The van der Waals surface area contributed by atoms with Crippen LogP contribution in [0.1, 0.15) is 98.6 Å². The predicted octanol–water partition coefficient (Wildman–Crippen LogP) is 7.70. The van der Waals surface area contributed by atoms with Gasteiger partial charge >= 0.3 is 6.18 Å². The maximum absolute atomic E-state index is 14.1. The van der Waals surface area contributed by atoms with E-state index in [9.17, 15) is 27.0 Å². The van der Waals surface area contributed by atoms with E-state index < -0.39 is 65.6 Å². The first-order chi connectivity index (χ1) is 24.1. The third-order valence-corrected chi connectivity index (χ3v) is 12.5. The summed E-state index contributed by atoms with van der Waals surface area (Å²) in [5.41, 5.74) is -0.221. The van der Waals surface area contributed by atoms with E-state index >= 15 is 0 Å². The number of hydrogen-bond donors (Lipinski definition) is 1. The topological polar surface area (TPSA) is 112 Å². The molecule has 1 saturated carbocycles. The summed E-state index contributed by atoms with van der Waals surface area (Å²) in [7, 11) is -3.18. The summed E-state index contributed by atoms with van der Waals surface area (Å²) in [6.45, 7) is 16.0. The number of hydrogen-bond acceptors (Lipinski definition) is 7. The quantitative estimate of drug-likeness (QED) is 0.0904. The molecule has 1 fully saturated rings. The van der Waals surface area contributed by atoms with E-state index in [0.717, 1.165) is 32.7 Å². The van der Waals surface area contributed by atoms with Gasteiger partial charge in [0.15, 0.2) is 5.60 Å². The van der Waals surface area contributed by atoms with Crippen molar-refractivity contribution in [2.75, 3.05) is 13.2 Å². The highest BCUT2D eigenvalue weighted by Crippen LogP contribution is 2.38. The van der Waals surface area contributed by atoms with Crippen LogP contribution in [0.4, 0.5) is 13.2 Å². The Morgan fingerprint density at radius 2 is 1.62 bits per heavy atom. The van der Waals surface area contributed by atoms with Crippen molar-refractivity contribution in [3.8, 4) is 0 Å². The molecule has 10 nitrogen and oxygen atoms in total. The fourth-order valence-electron chi connectivity index (χ4n) is 5.80. The minimum Gasteiger partial charge on any atom is -0.376 e. The van der Waals surface area contributed by atoms with E-state index in [-0.39, 0.29) is 25.3 Å². The number of imidazole rings is 1. The largest absolute Gasteiger partial charge is 0.416 e. The highest BCUT2D eigenvalue weighted by Gasteiger charge is 2.50. The first-order valence-corrected chi connectivity index (χ1v) is 22.5. The zero-order chi connectivity index (χ0) is 38.4. The number of halogens is 3. The Balaban J connectivity index is 1.60. The summed E-state index contributed by atoms with van der Waals surface area (Å²) in [4.78, 5) is 33.5. The van der Waals surface area contributed by atoms with E-state index in [1.165, 1.54) is 11.8 Å². The molecule has 3 aromatic rings. The number of benzene rings is 2. The number of amides is 2. The van der Waals surface area contributed by atoms with Gasteiger partial charge in [-0.15, -0.1) is 0 Å². The molecule has 15 heteroatoms. The maximum Gasteiger partial charge on any atom is 0.416 e. The van der Waals surface area contributed by atoms with Gasteiger partial charge in [-0.05, 0) is 90.3 Å². The minimum atomic E-state index is -4.67. The van der Waals surface area contributed by atoms with Crippen LogP contribution in [0.15, 0.2) is 42.5 Å². The molecular formula is C37H51F3N4O6SSi. The summed E-state index contributed by atoms with van der Waals surface area (Å²) >= 11 is 0. The van der Waals surface area contributed by atoms with Gasteiger partial charge in [-0.25, -0.2) is 13.9 Å². The van der Waals surface area contributed by atoms with Gasteiger partial charge in [-0.3, -0.25) is 14.5 Å². The number of alkyl halides is 3. The van der Waals surface area contributed by atoms with Gasteiger partial charge in [0.25, 0.3) is 11.8 Å². The minimum absolute atomic E-state index is 0.0258. The molecular weight excluding hydrogens is 714 g/mol. The molecule has 0 unspecified atom stereocenters. The highest BCUT2D eigenvalue weighted by atomic mass is 32.2. The molecule has 2 amide bonds. The second-order valence-corrected chi connectivity index (χ2v) is 24.0. The molecule has 2 heterocycles. The Morgan fingerprint density at radius 1 is 1.00 bits per heavy atom. The fourth-order valence-corrected chi connectivity index (χ4v) is 7.44. The normalized spacial score (nSPS) is 18.2. The number of aromatic nitrogens is 2. The number of nitrogens with one attached hydrogen (secondary N) is 1. The molecule has 2 aromatic carbocycles. The van der Waals surface area contributed by atoms with Crippen molar-refractivity contribution >= 4 is 41.9 Å². The van der Waals surface area contributed by atoms with Crippen molar-refractivity contribution in [3.05, 3.63) is 65.0 Å². The van der Waals surface area contributed by atoms with E-state index in [1.807, 2.05) is 0 Å². The summed E-state index contributed by atoms with van der Waals surface area (Å²) in [5.74, 6) is -0.562. The molecule has 2 aliphatic rings. The Kier molecular flexibility index (Phi) is 11.6. The third-order valence-electron chi connectivity index (χ3n) is 9.26. The molecule has 0 saturated heterocycles. The number of carbonyl (C=O) groups is 2. The lowest BCUT2D eigenvalue weighted by atomic mass is 10.0. The van der Waals surface area contributed by atoms with Gasteiger partial charge in [0.1, 0.15) is 18.6 Å². The third kappa shape index (κ3) is 9.04. The first-order valence-electron chi connectivity index (χ1n) is 17.7. The molecule has 286 valence electrons. The predicted molar refractivity (Wildman–Crippen MR) is 197 cm³/mol. The maximum atomic E-state index is 14.1. The zero-order valence-electron chi connectivity index (χ0n) is 31.4. The van der Waals surface area contributed by atoms with Crippen LogP contribution in [-0.4, -0.2) is 80.5 Å². The van der Waals surface area contributed by atoms with Crippen LogP contribution in [0.3, 0.4) is 0 Å². The van der Waals surface area contributed by atoms with Crippen molar-refractivity contribution in [3.63, 3.8) is 0 Å². The highest BCUT2D eigenvalue weighted by molar-refractivity contribution is 7.84. The summed E-state index contributed by atoms with van der Waals surface area (Å²) < 4.78 is 77.7. The summed E-state index contributed by atoms with van der Waals surface area (Å²) in [6, 6.07) is 11.1. The number of imide groups is 1. The van der Waals surface area contributed by atoms with Crippen LogP contribution in [0.25, 0.3) is 11.0 Å². The standard InChI is InChI=1S/C37H51F3N4O6SSi/c1-23(50-36(5,6)37(38,39)40)31(42-51(47)35(2,3)4)32-41-28-20-24(14-17-29(28)43(32)22-48-18-19-52(7,8)9)30(21-49-25-15-16-25)44-33(45)26-12-10-11-13-27(26)34(44)46/h10-14,17,20,23,25,30-31,42H,15-16,18-19,21-22H2,1-9H3/t23-,30-,31+,51-/m1/s1. The Morgan fingerprint density at radius 3 is 2.15 bits per heavy atom. The van der Waals surface area contributed by atoms with Gasteiger partial charge < -0.3 is 18.8 Å². The number of nitrogens with zero attached hydrogens (tertiary/aromatic N) is 3. The van der Waals surface area contributed by atoms with Crippen LogP contribution in [0.5, 0.6) is 0 Å². The average molecular weight is 765 g/mol. The van der Waals surface area contributed by atoms with Gasteiger partial charge in [0.05, 0.1) is 62.7 Å².